The fraction of sp³-hybridized carbons (Fsp3) is 0.235. The van der Waals surface area contributed by atoms with E-state index in [2.05, 4.69) is 4.98 Å². The third-order valence-electron chi connectivity index (χ3n) is 4.08. The van der Waals surface area contributed by atoms with E-state index >= 15 is 0 Å². The molecule has 0 amide bonds. The van der Waals surface area contributed by atoms with Gasteiger partial charge in [0.05, 0.1) is 15.1 Å². The van der Waals surface area contributed by atoms with Gasteiger partial charge in [0.25, 0.3) is 0 Å². The quantitative estimate of drug-likeness (QED) is 0.608. The molecule has 0 saturated heterocycles. The molecule has 3 aromatic rings. The molecular formula is C17H15F4N3O2S2. The Balaban J connectivity index is 2.12. The van der Waals surface area contributed by atoms with Gasteiger partial charge in [0, 0.05) is 6.54 Å². The molecule has 0 fully saturated rings. The van der Waals surface area contributed by atoms with Crippen LogP contribution in [0.3, 0.4) is 0 Å². The third-order valence-corrected chi connectivity index (χ3v) is 6.86. The highest BCUT2D eigenvalue weighted by Crippen LogP contribution is 2.41. The summed E-state index contributed by atoms with van der Waals surface area (Å²) >= 11 is 1.03. The number of aromatic nitrogens is 1. The van der Waals surface area contributed by atoms with Crippen LogP contribution in [0.2, 0.25) is 0 Å². The van der Waals surface area contributed by atoms with Gasteiger partial charge >= 0.3 is 6.18 Å². The first kappa shape index (κ1) is 20.5. The lowest BCUT2D eigenvalue weighted by molar-refractivity contribution is -0.173. The number of sulfonamides is 1. The monoisotopic (exact) mass is 433 g/mol. The van der Waals surface area contributed by atoms with Crippen molar-refractivity contribution in [3.8, 4) is 0 Å². The molecule has 1 aromatic heterocycles. The Kier molecular flexibility index (Phi) is 5.34. The highest BCUT2D eigenvalue weighted by molar-refractivity contribution is 7.89. The average Bonchev–Trinajstić information content (AvgIpc) is 2.98. The summed E-state index contributed by atoms with van der Waals surface area (Å²) in [6.45, 7) is 0.871. The molecule has 0 aliphatic heterocycles. The van der Waals surface area contributed by atoms with E-state index in [9.17, 15) is 26.0 Å². The molecule has 150 valence electrons. The maximum Gasteiger partial charge on any atom is 0.409 e. The normalized spacial score (nSPS) is 13.9. The number of fused-ring (bicyclic) bond motifs is 1. The number of anilines is 1. The van der Waals surface area contributed by atoms with Gasteiger partial charge in [-0.3, -0.25) is 0 Å². The number of nitrogens with two attached hydrogens (primary N) is 1. The Bertz CT molecular complexity index is 1100. The summed E-state index contributed by atoms with van der Waals surface area (Å²) in [6, 6.07) is 4.96. The smallest absolute Gasteiger partial charge is 0.375 e. The van der Waals surface area contributed by atoms with Crippen molar-refractivity contribution in [2.75, 3.05) is 12.3 Å². The van der Waals surface area contributed by atoms with E-state index in [4.69, 9.17) is 5.73 Å². The van der Waals surface area contributed by atoms with Crippen LogP contribution in [0.15, 0.2) is 47.4 Å². The fourth-order valence-corrected chi connectivity index (χ4v) is 5.36. The first-order valence-corrected chi connectivity index (χ1v) is 10.3. The Morgan fingerprint density at radius 3 is 2.39 bits per heavy atom. The molecule has 1 atom stereocenters. The van der Waals surface area contributed by atoms with Gasteiger partial charge in [-0.05, 0) is 35.9 Å². The molecule has 0 bridgehead atoms. The molecule has 1 heterocycles. The summed E-state index contributed by atoms with van der Waals surface area (Å²) in [5, 5.41) is 0.219. The van der Waals surface area contributed by atoms with E-state index in [1.807, 2.05) is 0 Å². The minimum absolute atomic E-state index is 0.219. The summed E-state index contributed by atoms with van der Waals surface area (Å²) in [5.74, 6) is -0.719. The van der Waals surface area contributed by atoms with Crippen LogP contribution in [-0.4, -0.2) is 30.4 Å². The molecule has 0 saturated carbocycles. The Morgan fingerprint density at radius 1 is 1.18 bits per heavy atom. The van der Waals surface area contributed by atoms with Gasteiger partial charge in [0.2, 0.25) is 10.0 Å². The first-order chi connectivity index (χ1) is 13.0. The number of thiazole rings is 1. The van der Waals surface area contributed by atoms with Gasteiger partial charge in [-0.25, -0.2) is 17.8 Å². The Hall–Kier alpha value is -2.24. The molecule has 2 N–H and O–H groups in total. The second kappa shape index (κ2) is 7.30. The van der Waals surface area contributed by atoms with Crippen molar-refractivity contribution in [3.63, 3.8) is 0 Å². The zero-order chi connectivity index (χ0) is 20.7. The van der Waals surface area contributed by atoms with E-state index < -0.39 is 34.6 Å². The van der Waals surface area contributed by atoms with Gasteiger partial charge in [-0.15, -0.1) is 0 Å². The standard InChI is InChI=1S/C17H15F4N3O2S2/c1-2-24(15(17(19,20)21)10-3-5-11(18)6-4-10)28(25,26)12-7-8-13-14(9-12)27-16(22)23-13/h3-9,15H,2H2,1H3,(H2,22,23). The molecule has 5 nitrogen and oxygen atoms in total. The van der Waals surface area contributed by atoms with Crippen molar-refractivity contribution in [1.82, 2.24) is 9.29 Å². The van der Waals surface area contributed by atoms with E-state index in [0.29, 0.717) is 14.5 Å². The van der Waals surface area contributed by atoms with Crippen molar-refractivity contribution in [3.05, 3.63) is 53.8 Å². The van der Waals surface area contributed by atoms with Crippen LogP contribution in [0.4, 0.5) is 22.7 Å². The van der Waals surface area contributed by atoms with Gasteiger partial charge in [-0.1, -0.05) is 30.4 Å². The number of nitrogens with zero attached hydrogens (tertiary/aromatic N) is 2. The average molecular weight is 433 g/mol. The molecule has 11 heteroatoms. The van der Waals surface area contributed by atoms with Crippen LogP contribution < -0.4 is 5.73 Å². The minimum atomic E-state index is -4.90. The van der Waals surface area contributed by atoms with Gasteiger partial charge in [0.15, 0.2) is 5.13 Å². The predicted octanol–water partition coefficient (Wildman–Crippen LogP) is 4.33. The first-order valence-electron chi connectivity index (χ1n) is 8.04. The van der Waals surface area contributed by atoms with Gasteiger partial charge < -0.3 is 5.73 Å². The molecular weight excluding hydrogens is 418 g/mol. The second-order valence-corrected chi connectivity index (χ2v) is 8.84. The number of alkyl halides is 3. The van der Waals surface area contributed by atoms with Crippen molar-refractivity contribution in [2.24, 2.45) is 0 Å². The van der Waals surface area contributed by atoms with Crippen LogP contribution in [-0.2, 0) is 10.0 Å². The summed E-state index contributed by atoms with van der Waals surface area (Å²) in [6.07, 6.45) is -4.90. The molecule has 2 aromatic carbocycles. The number of halogens is 4. The minimum Gasteiger partial charge on any atom is -0.375 e. The lowest BCUT2D eigenvalue weighted by Crippen LogP contribution is -2.42. The molecule has 3 rings (SSSR count). The maximum atomic E-state index is 13.8. The highest BCUT2D eigenvalue weighted by atomic mass is 32.2. The van der Waals surface area contributed by atoms with Crippen LogP contribution in [0.25, 0.3) is 10.2 Å². The predicted molar refractivity (Wildman–Crippen MR) is 98.8 cm³/mol. The molecule has 0 spiro atoms. The summed E-state index contributed by atoms with van der Waals surface area (Å²) in [4.78, 5) is 3.70. The molecule has 1 unspecified atom stereocenters. The van der Waals surface area contributed by atoms with Crippen LogP contribution in [0, 0.1) is 5.82 Å². The van der Waals surface area contributed by atoms with Gasteiger partial charge in [-0.2, -0.15) is 17.5 Å². The SMILES string of the molecule is CCN(C(c1ccc(F)cc1)C(F)(F)F)S(=O)(=O)c1ccc2nc(N)sc2c1. The van der Waals surface area contributed by atoms with E-state index in [1.54, 1.807) is 0 Å². The number of benzene rings is 2. The number of nitrogen functional groups attached to an aromatic ring is 1. The lowest BCUT2D eigenvalue weighted by Gasteiger charge is -2.31. The van der Waals surface area contributed by atoms with Crippen molar-refractivity contribution in [2.45, 2.75) is 24.0 Å². The fourth-order valence-electron chi connectivity index (χ4n) is 2.87. The largest absolute Gasteiger partial charge is 0.409 e. The van der Waals surface area contributed by atoms with Gasteiger partial charge in [0.1, 0.15) is 11.9 Å². The van der Waals surface area contributed by atoms with E-state index in [1.165, 1.54) is 25.1 Å². The van der Waals surface area contributed by atoms with Crippen molar-refractivity contribution < 1.29 is 26.0 Å². The lowest BCUT2D eigenvalue weighted by atomic mass is 10.1. The van der Waals surface area contributed by atoms with Crippen LogP contribution in [0.1, 0.15) is 18.5 Å². The summed E-state index contributed by atoms with van der Waals surface area (Å²) in [7, 11) is -4.52. The number of hydrogen-bond donors (Lipinski definition) is 1. The molecule has 0 aliphatic carbocycles. The maximum absolute atomic E-state index is 13.8. The summed E-state index contributed by atoms with van der Waals surface area (Å²) in [5.41, 5.74) is 5.68. The van der Waals surface area contributed by atoms with E-state index in [-0.39, 0.29) is 15.6 Å². The summed E-state index contributed by atoms with van der Waals surface area (Å²) < 4.78 is 81.5. The second-order valence-electron chi connectivity index (χ2n) is 5.89. The topological polar surface area (TPSA) is 76.3 Å². The number of hydrogen-bond acceptors (Lipinski definition) is 5. The Labute approximate surface area is 162 Å². The van der Waals surface area contributed by atoms with Crippen molar-refractivity contribution in [1.29, 1.82) is 0 Å². The zero-order valence-electron chi connectivity index (χ0n) is 14.4. The van der Waals surface area contributed by atoms with Crippen molar-refractivity contribution >= 4 is 36.7 Å². The third kappa shape index (κ3) is 3.82. The molecule has 0 radical (unpaired) electrons. The van der Waals surface area contributed by atoms with Crippen LogP contribution >= 0.6 is 11.3 Å². The highest BCUT2D eigenvalue weighted by Gasteiger charge is 2.48. The van der Waals surface area contributed by atoms with E-state index in [0.717, 1.165) is 35.6 Å². The molecule has 0 aliphatic rings. The van der Waals surface area contributed by atoms with Crippen LogP contribution in [0.5, 0.6) is 0 Å². The number of rotatable bonds is 5. The Morgan fingerprint density at radius 2 is 1.82 bits per heavy atom. The molecule has 28 heavy (non-hydrogen) atoms. The zero-order valence-corrected chi connectivity index (χ0v) is 16.1.